The number of hydrogen-bond donors (Lipinski definition) is 0. The summed E-state index contributed by atoms with van der Waals surface area (Å²) in [4.78, 5) is 4.15. The quantitative estimate of drug-likeness (QED) is 0.605. The lowest BCUT2D eigenvalue weighted by atomic mass is 9.96. The Kier molecular flexibility index (Phi) is 1.77. The maximum Gasteiger partial charge on any atom is 0.137 e. The van der Waals surface area contributed by atoms with Crippen molar-refractivity contribution in [3.63, 3.8) is 0 Å². The highest BCUT2D eigenvalue weighted by Crippen LogP contribution is 2.26. The molecule has 0 aliphatic carbocycles. The molecule has 0 saturated carbocycles. The molecule has 4 heteroatoms. The van der Waals surface area contributed by atoms with Crippen LogP contribution in [-0.4, -0.2) is 19.9 Å². The van der Waals surface area contributed by atoms with Crippen molar-refractivity contribution in [2.75, 3.05) is 7.11 Å². The summed E-state index contributed by atoms with van der Waals surface area (Å²) in [6.45, 7) is 0. The Bertz CT molecular complexity index is 412. The lowest BCUT2D eigenvalue weighted by molar-refractivity contribution is 0.421. The van der Waals surface area contributed by atoms with Gasteiger partial charge < -0.3 is 4.74 Å². The molecule has 0 aliphatic heterocycles. The molecule has 0 spiro atoms. The van der Waals surface area contributed by atoms with Crippen molar-refractivity contribution in [2.45, 2.75) is 0 Å². The largest absolute Gasteiger partial charge is 0.495 e. The van der Waals surface area contributed by atoms with Crippen molar-refractivity contribution < 1.29 is 4.74 Å². The van der Waals surface area contributed by atoms with Gasteiger partial charge in [0.05, 0.1) is 22.8 Å². The zero-order valence-electron chi connectivity index (χ0n) is 6.57. The topological polar surface area (TPSA) is 22.1 Å². The molecule has 58 valence electrons. The molecule has 0 unspecified atom stereocenters. The highest BCUT2D eigenvalue weighted by molar-refractivity contribution is 7.17. The van der Waals surface area contributed by atoms with Crippen LogP contribution in [0.25, 0.3) is 10.2 Å². The average molecular weight is 175 g/mol. The van der Waals surface area contributed by atoms with E-state index in [1.807, 2.05) is 6.07 Å². The first kappa shape index (κ1) is 7.62. The lowest BCUT2D eigenvalue weighted by Crippen LogP contribution is -2.01. The van der Waals surface area contributed by atoms with Gasteiger partial charge in [-0.05, 0) is 12.1 Å². The molecule has 0 fully saturated rings. The summed E-state index contributed by atoms with van der Waals surface area (Å²) < 4.78 is 6.20. The smallest absolute Gasteiger partial charge is 0.137 e. The van der Waals surface area contributed by atoms with Gasteiger partial charge in [-0.15, -0.1) is 11.3 Å². The fourth-order valence-electron chi connectivity index (χ4n) is 1.11. The van der Waals surface area contributed by atoms with E-state index in [1.165, 1.54) is 0 Å². The number of benzene rings is 1. The third-order valence-corrected chi connectivity index (χ3v) is 2.50. The summed E-state index contributed by atoms with van der Waals surface area (Å²) in [6.07, 6.45) is 0. The predicted molar refractivity (Wildman–Crippen MR) is 51.6 cm³/mol. The van der Waals surface area contributed by atoms with E-state index in [1.54, 1.807) is 30.0 Å². The van der Waals surface area contributed by atoms with Crippen LogP contribution in [0.5, 0.6) is 5.75 Å². The van der Waals surface area contributed by atoms with E-state index in [2.05, 4.69) is 4.98 Å². The number of aromatic nitrogens is 1. The Balaban J connectivity index is 2.80. The molecule has 1 heterocycles. The Morgan fingerprint density at radius 2 is 2.33 bits per heavy atom. The number of fused-ring (bicyclic) bond motifs is 1. The molecule has 12 heavy (non-hydrogen) atoms. The normalized spacial score (nSPS) is 10.4. The van der Waals surface area contributed by atoms with Crippen LogP contribution in [0, 0.1) is 0 Å². The number of thiazole rings is 1. The minimum absolute atomic E-state index is 0.685. The van der Waals surface area contributed by atoms with Crippen molar-refractivity contribution in [1.29, 1.82) is 0 Å². The van der Waals surface area contributed by atoms with Crippen LogP contribution >= 0.6 is 11.3 Å². The highest BCUT2D eigenvalue weighted by atomic mass is 32.1. The Labute approximate surface area is 75.6 Å². The van der Waals surface area contributed by atoms with Crippen LogP contribution in [0.15, 0.2) is 17.6 Å². The fraction of sp³-hybridized carbons (Fsp3) is 0.125. The molecule has 2 nitrogen and oxygen atoms in total. The van der Waals surface area contributed by atoms with Gasteiger partial charge in [0.25, 0.3) is 0 Å². The van der Waals surface area contributed by atoms with Crippen molar-refractivity contribution in [3.05, 3.63) is 17.6 Å². The molecule has 2 rings (SSSR count). The van der Waals surface area contributed by atoms with E-state index in [0.29, 0.717) is 5.46 Å². The Morgan fingerprint density at radius 3 is 3.08 bits per heavy atom. The molecular formula is C8H6BNOS. The summed E-state index contributed by atoms with van der Waals surface area (Å²) in [7, 11) is 7.28. The van der Waals surface area contributed by atoms with Crippen molar-refractivity contribution in [1.82, 2.24) is 4.98 Å². The van der Waals surface area contributed by atoms with Gasteiger partial charge >= 0.3 is 0 Å². The summed E-state index contributed by atoms with van der Waals surface area (Å²) in [5.41, 5.74) is 3.37. The number of ether oxygens (including phenoxy) is 1. The van der Waals surface area contributed by atoms with Gasteiger partial charge in [-0.2, -0.15) is 0 Å². The first-order valence-corrected chi connectivity index (χ1v) is 4.36. The molecule has 0 N–H and O–H groups in total. The van der Waals surface area contributed by atoms with Gasteiger partial charge in [0.2, 0.25) is 0 Å². The molecule has 2 radical (unpaired) electrons. The second kappa shape index (κ2) is 2.79. The van der Waals surface area contributed by atoms with E-state index in [0.717, 1.165) is 16.0 Å². The Hall–Kier alpha value is -1.03. The van der Waals surface area contributed by atoms with Crippen LogP contribution in [-0.2, 0) is 0 Å². The number of methoxy groups -OCH3 is 1. The van der Waals surface area contributed by atoms with Gasteiger partial charge in [-0.1, -0.05) is 5.46 Å². The van der Waals surface area contributed by atoms with Crippen molar-refractivity contribution >= 4 is 34.9 Å². The minimum atomic E-state index is 0.685. The number of rotatable bonds is 1. The average Bonchev–Trinajstić information content (AvgIpc) is 2.50. The van der Waals surface area contributed by atoms with Crippen LogP contribution in [0.4, 0.5) is 0 Å². The maximum absolute atomic E-state index is 5.64. The van der Waals surface area contributed by atoms with E-state index in [4.69, 9.17) is 12.6 Å². The van der Waals surface area contributed by atoms with Crippen molar-refractivity contribution in [2.24, 2.45) is 0 Å². The number of nitrogens with zero attached hydrogens (tertiary/aromatic N) is 1. The minimum Gasteiger partial charge on any atom is -0.495 e. The zero-order chi connectivity index (χ0) is 8.55. The zero-order valence-corrected chi connectivity index (χ0v) is 7.39. The summed E-state index contributed by atoms with van der Waals surface area (Å²) in [5, 5.41) is 0. The van der Waals surface area contributed by atoms with Crippen LogP contribution in [0.3, 0.4) is 0 Å². The van der Waals surface area contributed by atoms with Gasteiger partial charge in [0, 0.05) is 0 Å². The number of hydrogen-bond acceptors (Lipinski definition) is 3. The highest BCUT2D eigenvalue weighted by Gasteiger charge is 2.03. The first-order valence-electron chi connectivity index (χ1n) is 3.48. The molecule has 1 aromatic carbocycles. The van der Waals surface area contributed by atoms with Gasteiger partial charge in [-0.25, -0.2) is 4.98 Å². The molecule has 1 aromatic heterocycles. The van der Waals surface area contributed by atoms with Gasteiger partial charge in [0.15, 0.2) is 0 Å². The van der Waals surface area contributed by atoms with Crippen LogP contribution in [0.2, 0.25) is 0 Å². The van der Waals surface area contributed by atoms with Crippen LogP contribution in [0.1, 0.15) is 0 Å². The van der Waals surface area contributed by atoms with Crippen LogP contribution < -0.4 is 10.2 Å². The monoisotopic (exact) mass is 175 g/mol. The standard InChI is InChI=1S/C8H6BNOS/c1-11-7-3-5(9)2-6-8(7)12-4-10-6/h2-4H,1H3. The fourth-order valence-corrected chi connectivity index (χ4v) is 1.87. The molecule has 0 aliphatic rings. The summed E-state index contributed by atoms with van der Waals surface area (Å²) in [5.74, 6) is 0.799. The maximum atomic E-state index is 5.64. The van der Waals surface area contributed by atoms with E-state index < -0.39 is 0 Å². The van der Waals surface area contributed by atoms with E-state index >= 15 is 0 Å². The van der Waals surface area contributed by atoms with Gasteiger partial charge in [0.1, 0.15) is 13.6 Å². The molecule has 2 aromatic rings. The molecule has 0 atom stereocenters. The SMILES string of the molecule is [B]c1cc(OC)c2scnc2c1. The first-order chi connectivity index (χ1) is 5.81. The third kappa shape index (κ3) is 1.08. The second-order valence-corrected chi connectivity index (χ2v) is 3.28. The lowest BCUT2D eigenvalue weighted by Gasteiger charge is -2.01. The summed E-state index contributed by atoms with van der Waals surface area (Å²) in [6, 6.07) is 3.65. The molecule has 0 bridgehead atoms. The molecular weight excluding hydrogens is 169 g/mol. The van der Waals surface area contributed by atoms with E-state index in [-0.39, 0.29) is 0 Å². The predicted octanol–water partition coefficient (Wildman–Crippen LogP) is 1.10. The van der Waals surface area contributed by atoms with Gasteiger partial charge in [-0.3, -0.25) is 0 Å². The molecule has 0 amide bonds. The second-order valence-electron chi connectivity index (χ2n) is 2.42. The third-order valence-electron chi connectivity index (χ3n) is 1.64. The molecule has 0 saturated heterocycles. The van der Waals surface area contributed by atoms with E-state index in [9.17, 15) is 0 Å². The van der Waals surface area contributed by atoms with Crippen molar-refractivity contribution in [3.8, 4) is 5.75 Å². The summed E-state index contributed by atoms with van der Waals surface area (Å²) >= 11 is 1.56. The Morgan fingerprint density at radius 1 is 1.50 bits per heavy atom.